The number of nitrogens with one attached hydrogen (secondary N) is 1. The molecule has 0 saturated heterocycles. The molecule has 0 spiro atoms. The van der Waals surface area contributed by atoms with Crippen LogP contribution >= 0.6 is 11.8 Å². The van der Waals surface area contributed by atoms with Crippen molar-refractivity contribution < 1.29 is 9.59 Å². The molecule has 3 rings (SSSR count). The highest BCUT2D eigenvalue weighted by Gasteiger charge is 2.17. The number of aryl methyl sites for hydroxylation is 2. The molecule has 1 aromatic carbocycles. The Bertz CT molecular complexity index is 958. The van der Waals surface area contributed by atoms with Gasteiger partial charge in [0.1, 0.15) is 5.03 Å². The summed E-state index contributed by atoms with van der Waals surface area (Å²) in [6.45, 7) is 4.01. The number of hydrogen-bond acceptors (Lipinski definition) is 5. The number of carbonyl (C=O) groups is 2. The zero-order valence-corrected chi connectivity index (χ0v) is 15.2. The van der Waals surface area contributed by atoms with E-state index < -0.39 is 0 Å². The quantitative estimate of drug-likeness (QED) is 0.701. The second-order valence-electron chi connectivity index (χ2n) is 5.73. The number of pyridine rings is 2. The minimum absolute atomic E-state index is 0.189. The summed E-state index contributed by atoms with van der Waals surface area (Å²) in [5.41, 5.74) is 3.83. The van der Waals surface area contributed by atoms with Gasteiger partial charge < -0.3 is 5.32 Å². The fourth-order valence-electron chi connectivity index (χ4n) is 2.30. The van der Waals surface area contributed by atoms with Crippen molar-refractivity contribution in [2.24, 2.45) is 0 Å². The van der Waals surface area contributed by atoms with E-state index in [1.807, 2.05) is 32.0 Å². The van der Waals surface area contributed by atoms with Crippen molar-refractivity contribution in [3.05, 3.63) is 83.3 Å². The first kappa shape index (κ1) is 17.8. The van der Waals surface area contributed by atoms with Crippen LogP contribution in [0, 0.1) is 13.8 Å². The number of anilines is 1. The monoisotopic (exact) mass is 363 g/mol. The summed E-state index contributed by atoms with van der Waals surface area (Å²) < 4.78 is 0. The second kappa shape index (κ2) is 7.93. The van der Waals surface area contributed by atoms with Gasteiger partial charge in [-0.25, -0.2) is 4.98 Å². The summed E-state index contributed by atoms with van der Waals surface area (Å²) in [6, 6.07) is 12.3. The van der Waals surface area contributed by atoms with Gasteiger partial charge in [0.25, 0.3) is 5.91 Å². The molecule has 0 saturated carbocycles. The van der Waals surface area contributed by atoms with E-state index >= 15 is 0 Å². The van der Waals surface area contributed by atoms with Crippen LogP contribution in [0.2, 0.25) is 0 Å². The van der Waals surface area contributed by atoms with E-state index in [1.54, 1.807) is 42.9 Å². The van der Waals surface area contributed by atoms with Gasteiger partial charge in [0, 0.05) is 29.8 Å². The van der Waals surface area contributed by atoms with Gasteiger partial charge in [0.05, 0.1) is 5.56 Å². The number of nitrogens with zero attached hydrogens (tertiary/aromatic N) is 2. The Kier molecular flexibility index (Phi) is 5.43. The van der Waals surface area contributed by atoms with Crippen molar-refractivity contribution >= 4 is 28.5 Å². The normalized spacial score (nSPS) is 10.4. The van der Waals surface area contributed by atoms with Gasteiger partial charge in [-0.1, -0.05) is 6.07 Å². The molecule has 0 bridgehead atoms. The van der Waals surface area contributed by atoms with Gasteiger partial charge >= 0.3 is 0 Å². The van der Waals surface area contributed by atoms with Gasteiger partial charge in [0.15, 0.2) is 0 Å². The highest BCUT2D eigenvalue weighted by molar-refractivity contribution is 8.14. The zero-order valence-electron chi connectivity index (χ0n) is 14.4. The topological polar surface area (TPSA) is 72.0 Å². The lowest BCUT2D eigenvalue weighted by Gasteiger charge is -2.10. The van der Waals surface area contributed by atoms with Crippen LogP contribution in [0.1, 0.15) is 31.8 Å². The number of amides is 1. The van der Waals surface area contributed by atoms with Crippen LogP contribution in [-0.4, -0.2) is 21.0 Å². The van der Waals surface area contributed by atoms with E-state index in [2.05, 4.69) is 15.3 Å². The van der Waals surface area contributed by atoms with Crippen LogP contribution in [0.15, 0.2) is 66.1 Å². The standard InChI is InChI=1S/C20H17N3O2S/c1-13-5-6-16(12-14(13)2)23-18(24)17-4-3-9-22-19(17)26-20(25)15-7-10-21-11-8-15/h3-12H,1-2H3,(H,23,24). The van der Waals surface area contributed by atoms with Crippen LogP contribution in [-0.2, 0) is 0 Å². The molecule has 6 heteroatoms. The first-order valence-corrected chi connectivity index (χ1v) is 8.82. The third-order valence-corrected chi connectivity index (χ3v) is 4.83. The summed E-state index contributed by atoms with van der Waals surface area (Å²) in [4.78, 5) is 33.2. The fourth-order valence-corrected chi connectivity index (χ4v) is 3.11. The maximum Gasteiger partial charge on any atom is 0.258 e. The molecule has 0 fully saturated rings. The average Bonchev–Trinajstić information content (AvgIpc) is 2.66. The van der Waals surface area contributed by atoms with Crippen molar-refractivity contribution in [3.63, 3.8) is 0 Å². The summed E-state index contributed by atoms with van der Waals surface area (Å²) in [5, 5.41) is 3.05. The molecule has 130 valence electrons. The number of benzene rings is 1. The highest BCUT2D eigenvalue weighted by atomic mass is 32.2. The Labute approximate surface area is 155 Å². The third-order valence-electron chi connectivity index (χ3n) is 3.89. The SMILES string of the molecule is Cc1ccc(NC(=O)c2cccnc2SC(=O)c2ccncc2)cc1C. The smallest absolute Gasteiger partial charge is 0.258 e. The maximum absolute atomic E-state index is 12.7. The summed E-state index contributed by atoms with van der Waals surface area (Å²) >= 11 is 0.929. The Morgan fingerprint density at radius 3 is 2.46 bits per heavy atom. The molecular formula is C20H17N3O2S. The lowest BCUT2D eigenvalue weighted by atomic mass is 10.1. The summed E-state index contributed by atoms with van der Waals surface area (Å²) in [7, 11) is 0. The molecule has 1 N–H and O–H groups in total. The maximum atomic E-state index is 12.7. The van der Waals surface area contributed by atoms with Crippen molar-refractivity contribution in [2.45, 2.75) is 18.9 Å². The van der Waals surface area contributed by atoms with Crippen LogP contribution < -0.4 is 5.32 Å². The van der Waals surface area contributed by atoms with E-state index in [1.165, 1.54) is 0 Å². The molecule has 0 aliphatic rings. The van der Waals surface area contributed by atoms with Crippen molar-refractivity contribution in [1.82, 2.24) is 9.97 Å². The molecule has 5 nitrogen and oxygen atoms in total. The van der Waals surface area contributed by atoms with E-state index in [0.717, 1.165) is 22.9 Å². The molecule has 2 aromatic heterocycles. The molecule has 3 aromatic rings. The molecule has 26 heavy (non-hydrogen) atoms. The highest BCUT2D eigenvalue weighted by Crippen LogP contribution is 2.25. The van der Waals surface area contributed by atoms with E-state index in [9.17, 15) is 9.59 Å². The zero-order chi connectivity index (χ0) is 18.5. The number of hydrogen-bond donors (Lipinski definition) is 1. The fraction of sp³-hybridized carbons (Fsp3) is 0.100. The van der Waals surface area contributed by atoms with Crippen molar-refractivity contribution in [3.8, 4) is 0 Å². The second-order valence-corrected chi connectivity index (χ2v) is 6.70. The molecule has 0 radical (unpaired) electrons. The van der Waals surface area contributed by atoms with E-state index in [4.69, 9.17) is 0 Å². The Hall–Kier alpha value is -2.99. The Balaban J connectivity index is 1.81. The molecule has 1 amide bonds. The van der Waals surface area contributed by atoms with Crippen LogP contribution in [0.5, 0.6) is 0 Å². The largest absolute Gasteiger partial charge is 0.322 e. The Morgan fingerprint density at radius 1 is 0.962 bits per heavy atom. The third kappa shape index (κ3) is 4.15. The number of carbonyl (C=O) groups excluding carboxylic acids is 2. The van der Waals surface area contributed by atoms with Gasteiger partial charge in [-0.2, -0.15) is 0 Å². The molecule has 0 atom stereocenters. The lowest BCUT2D eigenvalue weighted by Crippen LogP contribution is -2.14. The van der Waals surface area contributed by atoms with E-state index in [0.29, 0.717) is 21.8 Å². The lowest BCUT2D eigenvalue weighted by molar-refractivity contribution is 0.102. The first-order valence-electron chi connectivity index (χ1n) is 8.00. The van der Waals surface area contributed by atoms with Gasteiger partial charge in [-0.05, 0) is 73.1 Å². The molecular weight excluding hydrogens is 346 g/mol. The molecule has 0 unspecified atom stereocenters. The number of aromatic nitrogens is 2. The van der Waals surface area contributed by atoms with Gasteiger partial charge in [0.2, 0.25) is 5.12 Å². The van der Waals surface area contributed by atoms with E-state index in [-0.39, 0.29) is 11.0 Å². The molecule has 0 aliphatic heterocycles. The summed E-state index contributed by atoms with van der Waals surface area (Å²) in [5.74, 6) is -0.300. The number of rotatable bonds is 4. The first-order chi connectivity index (χ1) is 12.5. The number of thioether (sulfide) groups is 1. The average molecular weight is 363 g/mol. The van der Waals surface area contributed by atoms with Crippen LogP contribution in [0.3, 0.4) is 0 Å². The van der Waals surface area contributed by atoms with Crippen LogP contribution in [0.25, 0.3) is 0 Å². The summed E-state index contributed by atoms with van der Waals surface area (Å²) in [6.07, 6.45) is 4.67. The predicted molar refractivity (Wildman–Crippen MR) is 103 cm³/mol. The Morgan fingerprint density at radius 2 is 1.73 bits per heavy atom. The van der Waals surface area contributed by atoms with Crippen LogP contribution in [0.4, 0.5) is 5.69 Å². The minimum atomic E-state index is -0.300. The molecule has 2 heterocycles. The predicted octanol–water partition coefficient (Wildman–Crippen LogP) is 4.28. The molecule has 0 aliphatic carbocycles. The van der Waals surface area contributed by atoms with Crippen molar-refractivity contribution in [1.29, 1.82) is 0 Å². The van der Waals surface area contributed by atoms with Gasteiger partial charge in [-0.3, -0.25) is 14.6 Å². The minimum Gasteiger partial charge on any atom is -0.322 e. The van der Waals surface area contributed by atoms with Gasteiger partial charge in [-0.15, -0.1) is 0 Å². The van der Waals surface area contributed by atoms with Crippen molar-refractivity contribution in [2.75, 3.05) is 5.32 Å².